The van der Waals surface area contributed by atoms with Crippen molar-refractivity contribution >= 4 is 11.7 Å². The summed E-state index contributed by atoms with van der Waals surface area (Å²) in [5, 5.41) is 3.49. The van der Waals surface area contributed by atoms with E-state index in [9.17, 15) is 4.79 Å². The van der Waals surface area contributed by atoms with Gasteiger partial charge in [-0.05, 0) is 37.8 Å². The van der Waals surface area contributed by atoms with Crippen LogP contribution in [0.2, 0.25) is 0 Å². The maximum atomic E-state index is 11.8. The molecule has 3 nitrogen and oxygen atoms in total. The predicted molar refractivity (Wildman–Crippen MR) is 72.4 cm³/mol. The van der Waals surface area contributed by atoms with E-state index in [1.54, 1.807) is 0 Å². The van der Waals surface area contributed by atoms with Gasteiger partial charge in [-0.3, -0.25) is 4.79 Å². The maximum Gasteiger partial charge on any atom is 0.309 e. The SMILES string of the molecule is CCOC(=O)[C@@H]1C[C@@H](Nc2ccccc2)C[C@@H]1C. The molecule has 2 rings (SSSR count). The molecular formula is C15H21NO2. The molecule has 0 aromatic heterocycles. The van der Waals surface area contributed by atoms with Crippen LogP contribution < -0.4 is 5.32 Å². The Morgan fingerprint density at radius 1 is 1.33 bits per heavy atom. The van der Waals surface area contributed by atoms with Crippen LogP contribution in [-0.4, -0.2) is 18.6 Å². The van der Waals surface area contributed by atoms with E-state index < -0.39 is 0 Å². The molecule has 1 aromatic rings. The molecule has 0 bridgehead atoms. The van der Waals surface area contributed by atoms with Crippen LogP contribution >= 0.6 is 0 Å². The third-order valence-electron chi connectivity index (χ3n) is 3.62. The van der Waals surface area contributed by atoms with Crippen molar-refractivity contribution < 1.29 is 9.53 Å². The van der Waals surface area contributed by atoms with Crippen LogP contribution in [0.4, 0.5) is 5.69 Å². The maximum absolute atomic E-state index is 11.8. The fraction of sp³-hybridized carbons (Fsp3) is 0.533. The average Bonchev–Trinajstić information content (AvgIpc) is 2.72. The van der Waals surface area contributed by atoms with Crippen molar-refractivity contribution in [2.75, 3.05) is 11.9 Å². The van der Waals surface area contributed by atoms with Gasteiger partial charge in [0.05, 0.1) is 12.5 Å². The third kappa shape index (κ3) is 3.03. The second-order valence-electron chi connectivity index (χ2n) is 5.01. The van der Waals surface area contributed by atoms with Gasteiger partial charge in [0.2, 0.25) is 0 Å². The van der Waals surface area contributed by atoms with Crippen LogP contribution in [0.1, 0.15) is 26.7 Å². The number of nitrogens with one attached hydrogen (secondary N) is 1. The summed E-state index contributed by atoms with van der Waals surface area (Å²) >= 11 is 0. The number of anilines is 1. The molecule has 18 heavy (non-hydrogen) atoms. The largest absolute Gasteiger partial charge is 0.466 e. The predicted octanol–water partition coefficient (Wildman–Crippen LogP) is 3.08. The lowest BCUT2D eigenvalue weighted by Crippen LogP contribution is -2.21. The van der Waals surface area contributed by atoms with Gasteiger partial charge < -0.3 is 10.1 Å². The highest BCUT2D eigenvalue weighted by molar-refractivity contribution is 5.73. The smallest absolute Gasteiger partial charge is 0.309 e. The van der Waals surface area contributed by atoms with Crippen LogP contribution in [0.5, 0.6) is 0 Å². The Hall–Kier alpha value is -1.51. The molecule has 0 unspecified atom stereocenters. The fourth-order valence-corrected chi connectivity index (χ4v) is 2.71. The number of carbonyl (C=O) groups is 1. The fourth-order valence-electron chi connectivity index (χ4n) is 2.71. The van der Waals surface area contributed by atoms with Crippen LogP contribution in [0.25, 0.3) is 0 Å². The van der Waals surface area contributed by atoms with Gasteiger partial charge in [0, 0.05) is 11.7 Å². The molecule has 0 spiro atoms. The molecule has 1 aliphatic rings. The van der Waals surface area contributed by atoms with Gasteiger partial charge in [-0.1, -0.05) is 25.1 Å². The first-order valence-electron chi connectivity index (χ1n) is 6.69. The van der Waals surface area contributed by atoms with E-state index in [1.807, 2.05) is 25.1 Å². The van der Waals surface area contributed by atoms with Gasteiger partial charge >= 0.3 is 5.97 Å². The minimum absolute atomic E-state index is 0.0395. The summed E-state index contributed by atoms with van der Waals surface area (Å²) in [5.41, 5.74) is 1.12. The molecule has 3 heteroatoms. The molecule has 98 valence electrons. The molecule has 0 radical (unpaired) electrons. The number of rotatable bonds is 4. The summed E-state index contributed by atoms with van der Waals surface area (Å²) in [6.45, 7) is 4.46. The van der Waals surface area contributed by atoms with Crippen LogP contribution in [0, 0.1) is 11.8 Å². The zero-order valence-corrected chi connectivity index (χ0v) is 11.1. The molecule has 1 fully saturated rings. The number of para-hydroxylation sites is 1. The number of hydrogen-bond donors (Lipinski definition) is 1. The normalized spacial score (nSPS) is 26.9. The number of esters is 1. The first-order valence-corrected chi connectivity index (χ1v) is 6.69. The van der Waals surface area contributed by atoms with E-state index in [0.717, 1.165) is 18.5 Å². The second kappa shape index (κ2) is 5.89. The van der Waals surface area contributed by atoms with E-state index in [-0.39, 0.29) is 11.9 Å². The summed E-state index contributed by atoms with van der Waals surface area (Å²) in [5.74, 6) is 0.402. The molecule has 1 saturated carbocycles. The molecule has 3 atom stereocenters. The van der Waals surface area contributed by atoms with Gasteiger partial charge in [0.15, 0.2) is 0 Å². The lowest BCUT2D eigenvalue weighted by molar-refractivity contribution is -0.149. The highest BCUT2D eigenvalue weighted by atomic mass is 16.5. The van der Waals surface area contributed by atoms with Gasteiger partial charge in [-0.25, -0.2) is 0 Å². The van der Waals surface area contributed by atoms with Crippen molar-refractivity contribution in [3.05, 3.63) is 30.3 Å². The van der Waals surface area contributed by atoms with Crippen LogP contribution in [0.15, 0.2) is 30.3 Å². The van der Waals surface area contributed by atoms with E-state index in [2.05, 4.69) is 24.4 Å². The number of carbonyl (C=O) groups excluding carboxylic acids is 1. The Bertz CT molecular complexity index is 391. The van der Waals surface area contributed by atoms with Crippen LogP contribution in [-0.2, 0) is 9.53 Å². The number of hydrogen-bond acceptors (Lipinski definition) is 3. The molecule has 0 heterocycles. The third-order valence-corrected chi connectivity index (χ3v) is 3.62. The topological polar surface area (TPSA) is 38.3 Å². The minimum Gasteiger partial charge on any atom is -0.466 e. The Morgan fingerprint density at radius 2 is 2.06 bits per heavy atom. The van der Waals surface area contributed by atoms with Crippen molar-refractivity contribution in [2.24, 2.45) is 11.8 Å². The first-order chi connectivity index (χ1) is 8.70. The second-order valence-corrected chi connectivity index (χ2v) is 5.01. The quantitative estimate of drug-likeness (QED) is 0.831. The summed E-state index contributed by atoms with van der Waals surface area (Å²) in [4.78, 5) is 11.8. The number of benzene rings is 1. The van der Waals surface area contributed by atoms with Gasteiger partial charge in [-0.2, -0.15) is 0 Å². The summed E-state index contributed by atoms with van der Waals surface area (Å²) < 4.78 is 5.13. The molecule has 0 saturated heterocycles. The standard InChI is InChI=1S/C15H21NO2/c1-3-18-15(17)14-10-13(9-11(14)2)16-12-7-5-4-6-8-12/h4-8,11,13-14,16H,3,9-10H2,1-2H3/t11-,13-,14+/m0/s1. The zero-order chi connectivity index (χ0) is 13.0. The lowest BCUT2D eigenvalue weighted by Gasteiger charge is -2.14. The molecule has 0 aliphatic heterocycles. The first kappa shape index (κ1) is 12.9. The molecule has 0 amide bonds. The Balaban J connectivity index is 1.92. The van der Waals surface area contributed by atoms with E-state index in [1.165, 1.54) is 0 Å². The highest BCUT2D eigenvalue weighted by Crippen LogP contribution is 2.34. The van der Waals surface area contributed by atoms with Crippen LogP contribution in [0.3, 0.4) is 0 Å². The molecule has 1 aliphatic carbocycles. The summed E-state index contributed by atoms with van der Waals surface area (Å²) in [6, 6.07) is 10.5. The van der Waals surface area contributed by atoms with Gasteiger partial charge in [0.25, 0.3) is 0 Å². The van der Waals surface area contributed by atoms with Crippen molar-refractivity contribution in [1.29, 1.82) is 0 Å². The summed E-state index contributed by atoms with van der Waals surface area (Å²) in [6.07, 6.45) is 1.90. The van der Waals surface area contributed by atoms with Gasteiger partial charge in [-0.15, -0.1) is 0 Å². The highest BCUT2D eigenvalue weighted by Gasteiger charge is 2.36. The molecule has 1 aromatic carbocycles. The Labute approximate surface area is 109 Å². The average molecular weight is 247 g/mol. The van der Waals surface area contributed by atoms with E-state index >= 15 is 0 Å². The number of ether oxygens (including phenoxy) is 1. The zero-order valence-electron chi connectivity index (χ0n) is 11.1. The molecule has 1 N–H and O–H groups in total. The minimum atomic E-state index is -0.0395. The van der Waals surface area contributed by atoms with Crippen molar-refractivity contribution in [3.63, 3.8) is 0 Å². The van der Waals surface area contributed by atoms with Crippen molar-refractivity contribution in [2.45, 2.75) is 32.7 Å². The Kier molecular flexibility index (Phi) is 4.24. The van der Waals surface area contributed by atoms with Crippen molar-refractivity contribution in [3.8, 4) is 0 Å². The van der Waals surface area contributed by atoms with Crippen molar-refractivity contribution in [1.82, 2.24) is 0 Å². The lowest BCUT2D eigenvalue weighted by atomic mass is 9.99. The van der Waals surface area contributed by atoms with Gasteiger partial charge in [0.1, 0.15) is 0 Å². The summed E-state index contributed by atoms with van der Waals surface area (Å²) in [7, 11) is 0. The van der Waals surface area contributed by atoms with E-state index in [0.29, 0.717) is 18.6 Å². The molecular weight excluding hydrogens is 226 g/mol. The monoisotopic (exact) mass is 247 g/mol. The Morgan fingerprint density at radius 3 is 2.72 bits per heavy atom. The van der Waals surface area contributed by atoms with E-state index in [4.69, 9.17) is 4.74 Å².